The van der Waals surface area contributed by atoms with Crippen molar-refractivity contribution in [3.8, 4) is 0 Å². The summed E-state index contributed by atoms with van der Waals surface area (Å²) in [4.78, 5) is 32.9. The van der Waals surface area contributed by atoms with Gasteiger partial charge in [-0.1, -0.05) is 6.92 Å². The smallest absolute Gasteiger partial charge is 0.329 e. The predicted octanol–water partition coefficient (Wildman–Crippen LogP) is 3.13. The van der Waals surface area contributed by atoms with Gasteiger partial charge in [0.25, 0.3) is 0 Å². The van der Waals surface area contributed by atoms with E-state index in [0.29, 0.717) is 11.7 Å². The minimum absolute atomic E-state index is 0.126. The van der Waals surface area contributed by atoms with Gasteiger partial charge in [0.15, 0.2) is 5.82 Å². The van der Waals surface area contributed by atoms with Gasteiger partial charge in [-0.2, -0.15) is 0 Å². The van der Waals surface area contributed by atoms with Crippen LogP contribution < -0.4 is 20.0 Å². The second-order valence-corrected chi connectivity index (χ2v) is 8.34. The number of hydrogen-bond donors (Lipinski definition) is 1. The van der Waals surface area contributed by atoms with Crippen LogP contribution in [0.5, 0.6) is 0 Å². The van der Waals surface area contributed by atoms with Crippen LogP contribution in [0.2, 0.25) is 0 Å². The highest BCUT2D eigenvalue weighted by Crippen LogP contribution is 2.39. The molecule has 1 unspecified atom stereocenters. The van der Waals surface area contributed by atoms with E-state index < -0.39 is 0 Å². The van der Waals surface area contributed by atoms with Crippen molar-refractivity contribution in [3.05, 3.63) is 30.7 Å². The molecule has 8 heteroatoms. The van der Waals surface area contributed by atoms with Crippen molar-refractivity contribution < 1.29 is 4.79 Å². The summed E-state index contributed by atoms with van der Waals surface area (Å²) in [5.41, 5.74) is 1.05. The molecule has 2 fully saturated rings. The molecule has 1 N–H and O–H groups in total. The molecule has 0 aromatic carbocycles. The molecule has 2 aromatic rings. The Hall–Kier alpha value is -2.90. The second kappa shape index (κ2) is 7.50. The number of fused-ring (bicyclic) bond motifs is 4. The Bertz CT molecular complexity index is 890. The molecule has 5 heterocycles. The van der Waals surface area contributed by atoms with Crippen molar-refractivity contribution in [1.29, 1.82) is 0 Å². The minimum atomic E-state index is -0.173. The molecule has 5 rings (SSSR count). The molecule has 2 saturated heterocycles. The molecule has 0 radical (unpaired) electrons. The maximum Gasteiger partial charge on any atom is 0.329 e. The van der Waals surface area contributed by atoms with Gasteiger partial charge in [0, 0.05) is 32.4 Å². The zero-order valence-electron chi connectivity index (χ0n) is 16.8. The van der Waals surface area contributed by atoms with Crippen LogP contribution in [-0.4, -0.2) is 53.2 Å². The highest BCUT2D eigenvalue weighted by Gasteiger charge is 2.38. The fourth-order valence-corrected chi connectivity index (χ4v) is 4.78. The number of amides is 2. The fourth-order valence-electron chi connectivity index (χ4n) is 4.78. The molecule has 0 spiro atoms. The summed E-state index contributed by atoms with van der Waals surface area (Å²) in [5.74, 6) is 2.91. The summed E-state index contributed by atoms with van der Waals surface area (Å²) in [5, 5.41) is 2.93. The van der Waals surface area contributed by atoms with Crippen molar-refractivity contribution in [2.75, 3.05) is 46.2 Å². The van der Waals surface area contributed by atoms with Crippen LogP contribution in [0, 0.1) is 5.92 Å². The molecule has 29 heavy (non-hydrogen) atoms. The quantitative estimate of drug-likeness (QED) is 0.845. The number of anilines is 4. The van der Waals surface area contributed by atoms with E-state index in [1.54, 1.807) is 12.3 Å². The molecular formula is C21H27N7O. The maximum absolute atomic E-state index is 13.3. The first-order chi connectivity index (χ1) is 14.2. The number of piperidine rings is 2. The summed E-state index contributed by atoms with van der Waals surface area (Å²) in [6, 6.07) is 5.92. The summed E-state index contributed by atoms with van der Waals surface area (Å²) in [7, 11) is 0. The predicted molar refractivity (Wildman–Crippen MR) is 114 cm³/mol. The average Bonchev–Trinajstić information content (AvgIpc) is 2.74. The molecule has 8 nitrogen and oxygen atoms in total. The lowest BCUT2D eigenvalue weighted by Gasteiger charge is -2.46. The SMILES string of the molecule is CC1CCCN(c2ccc3c(n2)N(C(=O)Nc2ccncn2)[C@@H]2CCCN3C2)C1. The third-order valence-electron chi connectivity index (χ3n) is 6.19. The van der Waals surface area contributed by atoms with Crippen molar-refractivity contribution in [2.24, 2.45) is 5.92 Å². The first kappa shape index (κ1) is 18.1. The molecule has 3 aliphatic heterocycles. The van der Waals surface area contributed by atoms with Crippen LogP contribution in [0.25, 0.3) is 0 Å². The standard InChI is InChI=1S/C21H27N7O/c1-15-4-2-11-27(12-15)19-7-6-17-20(25-19)28(16-5-3-10-26(17)13-16)21(29)24-18-8-9-22-14-23-18/h6-9,14-16H,2-5,10-13H2,1H3,(H,22,23,24,29)/t15?,16-/m1/s1. The van der Waals surface area contributed by atoms with Crippen molar-refractivity contribution in [2.45, 2.75) is 38.6 Å². The topological polar surface area (TPSA) is 77.5 Å². The van der Waals surface area contributed by atoms with Crippen LogP contribution in [0.3, 0.4) is 0 Å². The van der Waals surface area contributed by atoms with E-state index in [9.17, 15) is 4.79 Å². The molecular weight excluding hydrogens is 366 g/mol. The number of nitrogens with zero attached hydrogens (tertiary/aromatic N) is 6. The number of hydrogen-bond acceptors (Lipinski definition) is 6. The number of pyridine rings is 1. The van der Waals surface area contributed by atoms with Crippen LogP contribution in [-0.2, 0) is 0 Å². The molecule has 2 bridgehead atoms. The number of urea groups is 1. The Kier molecular flexibility index (Phi) is 4.69. The van der Waals surface area contributed by atoms with Crippen molar-refractivity contribution in [1.82, 2.24) is 15.0 Å². The summed E-state index contributed by atoms with van der Waals surface area (Å²) in [6.07, 6.45) is 7.59. The van der Waals surface area contributed by atoms with E-state index in [1.807, 2.05) is 4.90 Å². The molecule has 0 aliphatic carbocycles. The average molecular weight is 393 g/mol. The van der Waals surface area contributed by atoms with Gasteiger partial charge in [-0.15, -0.1) is 0 Å². The molecule has 152 valence electrons. The highest BCUT2D eigenvalue weighted by molar-refractivity contribution is 6.04. The second-order valence-electron chi connectivity index (χ2n) is 8.34. The van der Waals surface area contributed by atoms with E-state index in [2.05, 4.69) is 44.1 Å². The largest absolute Gasteiger partial charge is 0.366 e. The van der Waals surface area contributed by atoms with Crippen LogP contribution in [0.1, 0.15) is 32.6 Å². The number of carbonyl (C=O) groups is 1. The lowest BCUT2D eigenvalue weighted by Crippen LogP contribution is -2.56. The van der Waals surface area contributed by atoms with Crippen LogP contribution in [0.15, 0.2) is 30.7 Å². The highest BCUT2D eigenvalue weighted by atomic mass is 16.2. The first-order valence-electron chi connectivity index (χ1n) is 10.6. The summed E-state index contributed by atoms with van der Waals surface area (Å²) in [6.45, 7) is 6.21. The van der Waals surface area contributed by atoms with E-state index in [-0.39, 0.29) is 12.1 Å². The Morgan fingerprint density at radius 3 is 2.79 bits per heavy atom. The van der Waals surface area contributed by atoms with Gasteiger partial charge in [0.1, 0.15) is 18.0 Å². The number of rotatable bonds is 2. The lowest BCUT2D eigenvalue weighted by molar-refractivity contribution is 0.252. The third kappa shape index (κ3) is 3.47. The maximum atomic E-state index is 13.3. The zero-order chi connectivity index (χ0) is 19.8. The van der Waals surface area contributed by atoms with Crippen LogP contribution in [0.4, 0.5) is 27.9 Å². The Labute approximate surface area is 171 Å². The Balaban J connectivity index is 1.49. The monoisotopic (exact) mass is 393 g/mol. The minimum Gasteiger partial charge on any atom is -0.366 e. The van der Waals surface area contributed by atoms with Gasteiger partial charge in [0.05, 0.1) is 11.7 Å². The van der Waals surface area contributed by atoms with E-state index in [0.717, 1.165) is 56.3 Å². The fraction of sp³-hybridized carbons (Fsp3) is 0.524. The molecule has 2 atom stereocenters. The number of aromatic nitrogens is 3. The normalized spacial score (nSPS) is 23.6. The molecule has 3 aliphatic rings. The van der Waals surface area contributed by atoms with Gasteiger partial charge in [-0.05, 0) is 49.8 Å². The third-order valence-corrected chi connectivity index (χ3v) is 6.19. The Morgan fingerprint density at radius 2 is 1.97 bits per heavy atom. The zero-order valence-corrected chi connectivity index (χ0v) is 16.8. The molecule has 0 saturated carbocycles. The van der Waals surface area contributed by atoms with E-state index >= 15 is 0 Å². The van der Waals surface area contributed by atoms with Crippen molar-refractivity contribution in [3.63, 3.8) is 0 Å². The van der Waals surface area contributed by atoms with E-state index in [4.69, 9.17) is 4.98 Å². The summed E-state index contributed by atoms with van der Waals surface area (Å²) >= 11 is 0. The molecule has 2 aromatic heterocycles. The summed E-state index contributed by atoms with van der Waals surface area (Å²) < 4.78 is 0. The van der Waals surface area contributed by atoms with Crippen molar-refractivity contribution >= 4 is 29.2 Å². The van der Waals surface area contributed by atoms with Gasteiger partial charge in [0.2, 0.25) is 0 Å². The van der Waals surface area contributed by atoms with Crippen LogP contribution >= 0.6 is 0 Å². The van der Waals surface area contributed by atoms with E-state index in [1.165, 1.54) is 19.2 Å². The molecule has 2 amide bonds. The van der Waals surface area contributed by atoms with Gasteiger partial charge < -0.3 is 9.80 Å². The Morgan fingerprint density at radius 1 is 1.10 bits per heavy atom. The number of nitrogens with one attached hydrogen (secondary N) is 1. The lowest BCUT2D eigenvalue weighted by atomic mass is 9.99. The van der Waals surface area contributed by atoms with Gasteiger partial charge in [-0.3, -0.25) is 10.2 Å². The van der Waals surface area contributed by atoms with Gasteiger partial charge in [-0.25, -0.2) is 19.7 Å². The van der Waals surface area contributed by atoms with Gasteiger partial charge >= 0.3 is 6.03 Å². The first-order valence-corrected chi connectivity index (χ1v) is 10.6. The number of carbonyl (C=O) groups excluding carboxylic acids is 1.